The first kappa shape index (κ1) is 13.0. The van der Waals surface area contributed by atoms with Gasteiger partial charge in [0.15, 0.2) is 6.61 Å². The summed E-state index contributed by atoms with van der Waals surface area (Å²) in [6.45, 7) is 11.8. The molecule has 14 heavy (non-hydrogen) atoms. The van der Waals surface area contributed by atoms with Crippen LogP contribution in [0.3, 0.4) is 0 Å². The molecule has 0 heterocycles. The van der Waals surface area contributed by atoms with E-state index in [4.69, 9.17) is 18.9 Å². The van der Waals surface area contributed by atoms with Crippen LogP contribution in [0.2, 0.25) is 0 Å². The third kappa shape index (κ3) is 4.30. The maximum absolute atomic E-state index is 5.30. The van der Waals surface area contributed by atoms with E-state index in [1.165, 1.54) is 12.5 Å². The molecule has 0 saturated carbocycles. The lowest BCUT2D eigenvalue weighted by molar-refractivity contribution is -0.355. The Balaban J connectivity index is 4.35. The molecule has 0 aliphatic heterocycles. The summed E-state index contributed by atoms with van der Waals surface area (Å²) in [4.78, 5) is 0. The molecule has 0 aliphatic carbocycles. The lowest BCUT2D eigenvalue weighted by Gasteiger charge is -2.30. The number of hydrogen-bond acceptors (Lipinski definition) is 4. The molecule has 4 nitrogen and oxygen atoms in total. The van der Waals surface area contributed by atoms with Crippen LogP contribution < -0.4 is 0 Å². The summed E-state index contributed by atoms with van der Waals surface area (Å²) in [5, 5.41) is 0. The Bertz CT molecular complexity index is 158. The van der Waals surface area contributed by atoms with Gasteiger partial charge in [-0.2, -0.15) is 0 Å². The van der Waals surface area contributed by atoms with E-state index in [1.54, 1.807) is 0 Å². The highest BCUT2D eigenvalue weighted by Crippen LogP contribution is 2.16. The zero-order chi connectivity index (χ0) is 10.9. The van der Waals surface area contributed by atoms with Gasteiger partial charge in [0.1, 0.15) is 0 Å². The van der Waals surface area contributed by atoms with E-state index in [0.29, 0.717) is 13.2 Å². The van der Waals surface area contributed by atoms with Gasteiger partial charge in [-0.05, 0) is 13.8 Å². The largest absolute Gasteiger partial charge is 0.437 e. The SMILES string of the molecule is C=COC(COCC)(OC=C)OCC. The molecule has 0 saturated heterocycles. The maximum Gasteiger partial charge on any atom is 0.395 e. The second-order valence-electron chi connectivity index (χ2n) is 2.32. The molecular weight excluding hydrogens is 184 g/mol. The average molecular weight is 202 g/mol. The normalized spacial score (nSPS) is 10.7. The van der Waals surface area contributed by atoms with Gasteiger partial charge in [0.2, 0.25) is 0 Å². The molecule has 0 atom stereocenters. The third-order valence-electron chi connectivity index (χ3n) is 1.37. The fourth-order valence-corrected chi connectivity index (χ4v) is 0.906. The summed E-state index contributed by atoms with van der Waals surface area (Å²) >= 11 is 0. The van der Waals surface area contributed by atoms with Crippen LogP contribution in [0.4, 0.5) is 0 Å². The van der Waals surface area contributed by atoms with Crippen LogP contribution in [0.5, 0.6) is 0 Å². The van der Waals surface area contributed by atoms with Crippen LogP contribution in [-0.2, 0) is 18.9 Å². The molecule has 0 spiro atoms. The minimum atomic E-state index is -1.26. The monoisotopic (exact) mass is 202 g/mol. The van der Waals surface area contributed by atoms with Crippen molar-refractivity contribution in [1.29, 1.82) is 0 Å². The molecule has 0 aromatic heterocycles. The summed E-state index contributed by atoms with van der Waals surface area (Å²) in [5.74, 6) is -1.26. The first-order valence-corrected chi connectivity index (χ1v) is 4.53. The van der Waals surface area contributed by atoms with Gasteiger partial charge in [-0.15, -0.1) is 0 Å². The van der Waals surface area contributed by atoms with Gasteiger partial charge in [0, 0.05) is 6.61 Å². The highest BCUT2D eigenvalue weighted by molar-refractivity contribution is 4.66. The Kier molecular flexibility index (Phi) is 6.88. The molecule has 82 valence electrons. The topological polar surface area (TPSA) is 36.9 Å². The zero-order valence-corrected chi connectivity index (χ0v) is 8.82. The minimum Gasteiger partial charge on any atom is -0.437 e. The quantitative estimate of drug-likeness (QED) is 0.423. The summed E-state index contributed by atoms with van der Waals surface area (Å²) in [6.07, 6.45) is 2.50. The molecular formula is C10H18O4. The third-order valence-corrected chi connectivity index (χ3v) is 1.37. The molecule has 0 aromatic carbocycles. The average Bonchev–Trinajstić information content (AvgIpc) is 2.16. The zero-order valence-electron chi connectivity index (χ0n) is 8.82. The second kappa shape index (κ2) is 7.41. The van der Waals surface area contributed by atoms with E-state index in [-0.39, 0.29) is 6.61 Å². The maximum atomic E-state index is 5.30. The van der Waals surface area contributed by atoms with Crippen LogP contribution in [0, 0.1) is 0 Å². The molecule has 0 unspecified atom stereocenters. The first-order valence-electron chi connectivity index (χ1n) is 4.53. The van der Waals surface area contributed by atoms with Crippen LogP contribution in [-0.4, -0.2) is 25.8 Å². The summed E-state index contributed by atoms with van der Waals surface area (Å²) in [6, 6.07) is 0. The Morgan fingerprint density at radius 1 is 1.07 bits per heavy atom. The van der Waals surface area contributed by atoms with Gasteiger partial charge in [-0.1, -0.05) is 13.2 Å². The van der Waals surface area contributed by atoms with Gasteiger partial charge < -0.3 is 18.9 Å². The van der Waals surface area contributed by atoms with Crippen molar-refractivity contribution in [1.82, 2.24) is 0 Å². The van der Waals surface area contributed by atoms with E-state index in [9.17, 15) is 0 Å². The molecule has 0 bridgehead atoms. The minimum absolute atomic E-state index is 0.162. The second-order valence-corrected chi connectivity index (χ2v) is 2.32. The van der Waals surface area contributed by atoms with Gasteiger partial charge >= 0.3 is 5.97 Å². The van der Waals surface area contributed by atoms with Crippen molar-refractivity contribution in [3.8, 4) is 0 Å². The molecule has 0 radical (unpaired) electrons. The van der Waals surface area contributed by atoms with Crippen molar-refractivity contribution in [3.63, 3.8) is 0 Å². The standard InChI is InChI=1S/C10H18O4/c1-5-11-9-10(12-6-2,13-7-3)14-8-4/h6-7H,2-3,5,8-9H2,1,4H3. The molecule has 0 aromatic rings. The lowest BCUT2D eigenvalue weighted by Crippen LogP contribution is -2.41. The summed E-state index contributed by atoms with van der Waals surface area (Å²) in [5.41, 5.74) is 0. The van der Waals surface area contributed by atoms with Gasteiger partial charge in [0.05, 0.1) is 19.1 Å². The molecule has 0 rings (SSSR count). The van der Waals surface area contributed by atoms with Gasteiger partial charge in [-0.3, -0.25) is 0 Å². The van der Waals surface area contributed by atoms with Crippen molar-refractivity contribution in [2.45, 2.75) is 19.8 Å². The van der Waals surface area contributed by atoms with E-state index >= 15 is 0 Å². The van der Waals surface area contributed by atoms with Crippen LogP contribution in [0.15, 0.2) is 25.7 Å². The van der Waals surface area contributed by atoms with E-state index < -0.39 is 5.97 Å². The molecule has 0 amide bonds. The number of hydrogen-bond donors (Lipinski definition) is 0. The number of ether oxygens (including phenoxy) is 4. The van der Waals surface area contributed by atoms with Crippen LogP contribution in [0.1, 0.15) is 13.8 Å². The number of rotatable bonds is 9. The van der Waals surface area contributed by atoms with Crippen molar-refractivity contribution >= 4 is 0 Å². The molecule has 0 aliphatic rings. The van der Waals surface area contributed by atoms with E-state index in [2.05, 4.69) is 13.2 Å². The predicted octanol–water partition coefficient (Wildman–Crippen LogP) is 2.03. The van der Waals surface area contributed by atoms with Gasteiger partial charge in [-0.25, -0.2) is 0 Å². The highest BCUT2D eigenvalue weighted by atomic mass is 16.9. The predicted molar refractivity (Wildman–Crippen MR) is 53.4 cm³/mol. The first-order chi connectivity index (χ1) is 6.74. The van der Waals surface area contributed by atoms with Crippen molar-refractivity contribution in [2.75, 3.05) is 19.8 Å². The fourth-order valence-electron chi connectivity index (χ4n) is 0.906. The summed E-state index contributed by atoms with van der Waals surface area (Å²) < 4.78 is 20.8. The Morgan fingerprint density at radius 3 is 2.00 bits per heavy atom. The Labute approximate surface area is 85.1 Å². The van der Waals surface area contributed by atoms with Crippen molar-refractivity contribution in [2.24, 2.45) is 0 Å². The van der Waals surface area contributed by atoms with Crippen LogP contribution in [0.25, 0.3) is 0 Å². The van der Waals surface area contributed by atoms with E-state index in [1.807, 2.05) is 13.8 Å². The molecule has 0 fully saturated rings. The summed E-state index contributed by atoms with van der Waals surface area (Å²) in [7, 11) is 0. The van der Waals surface area contributed by atoms with Crippen molar-refractivity contribution < 1.29 is 18.9 Å². The smallest absolute Gasteiger partial charge is 0.395 e. The Hall–Kier alpha value is -1.00. The van der Waals surface area contributed by atoms with Gasteiger partial charge in [0.25, 0.3) is 0 Å². The van der Waals surface area contributed by atoms with Crippen LogP contribution >= 0.6 is 0 Å². The Morgan fingerprint density at radius 2 is 1.64 bits per heavy atom. The lowest BCUT2D eigenvalue weighted by atomic mass is 10.5. The van der Waals surface area contributed by atoms with Crippen molar-refractivity contribution in [3.05, 3.63) is 25.7 Å². The molecule has 0 N–H and O–H groups in total. The highest BCUT2D eigenvalue weighted by Gasteiger charge is 2.34. The van der Waals surface area contributed by atoms with E-state index in [0.717, 1.165) is 0 Å². The fraction of sp³-hybridized carbons (Fsp3) is 0.600. The molecule has 4 heteroatoms.